The van der Waals surface area contributed by atoms with Gasteiger partial charge in [-0.15, -0.1) is 0 Å². The summed E-state index contributed by atoms with van der Waals surface area (Å²) >= 11 is 12.6. The second-order valence-electron chi connectivity index (χ2n) is 15.1. The molecule has 5 aliphatic rings. The number of halogens is 2. The highest BCUT2D eigenvalue weighted by Crippen LogP contribution is 2.55. The van der Waals surface area contributed by atoms with Gasteiger partial charge in [-0.2, -0.15) is 0 Å². The van der Waals surface area contributed by atoms with Crippen molar-refractivity contribution >= 4 is 29.2 Å². The number of rotatable bonds is 9. The van der Waals surface area contributed by atoms with E-state index in [9.17, 15) is 9.90 Å². The normalized spacial score (nSPS) is 30.0. The highest BCUT2D eigenvalue weighted by molar-refractivity contribution is 6.40. The van der Waals surface area contributed by atoms with Crippen LogP contribution in [0.5, 0.6) is 0 Å². The number of nitrogens with one attached hydrogen (secondary N) is 2. The summed E-state index contributed by atoms with van der Waals surface area (Å²) in [5, 5.41) is 16.8. The molecule has 9 rings (SSSR count). The lowest BCUT2D eigenvalue weighted by atomic mass is 9.53. The van der Waals surface area contributed by atoms with Crippen molar-refractivity contribution in [2.45, 2.75) is 89.2 Å². The molecule has 3 aromatic carbocycles. The lowest BCUT2D eigenvalue weighted by Crippen LogP contribution is -2.61. The summed E-state index contributed by atoms with van der Waals surface area (Å²) < 4.78 is 15.2. The largest absolute Gasteiger partial charge is 0.392 e. The number of carbonyl (C=O) groups excluding carboxylic acids is 1. The van der Waals surface area contributed by atoms with Crippen LogP contribution >= 0.6 is 23.2 Å². The van der Waals surface area contributed by atoms with E-state index in [1.165, 1.54) is 19.3 Å². The molecule has 2 heterocycles. The Labute approximate surface area is 303 Å². The summed E-state index contributed by atoms with van der Waals surface area (Å²) in [6.07, 6.45) is 7.91. The van der Waals surface area contributed by atoms with Crippen molar-refractivity contribution in [1.82, 2.24) is 20.2 Å². The zero-order chi connectivity index (χ0) is 34.4. The Morgan fingerprint density at radius 1 is 0.900 bits per heavy atom. The van der Waals surface area contributed by atoms with Crippen LogP contribution in [0.25, 0.3) is 11.1 Å². The van der Waals surface area contributed by atoms with Crippen LogP contribution < -0.4 is 10.6 Å². The average Bonchev–Trinajstić information content (AvgIpc) is 3.43. The van der Waals surface area contributed by atoms with E-state index in [-0.39, 0.29) is 41.5 Å². The van der Waals surface area contributed by atoms with Crippen LogP contribution in [0.2, 0.25) is 10.3 Å². The highest BCUT2D eigenvalue weighted by atomic mass is 35.5. The summed E-state index contributed by atoms with van der Waals surface area (Å²) in [6, 6.07) is 24.3. The average molecular weight is 716 g/mol. The van der Waals surface area contributed by atoms with Gasteiger partial charge in [0, 0.05) is 23.6 Å². The molecular formula is C40H44Cl2N4O4. The van der Waals surface area contributed by atoms with Gasteiger partial charge < -0.3 is 29.8 Å². The third-order valence-corrected chi connectivity index (χ3v) is 12.3. The molecule has 3 N–H and O–H groups in total. The number of imidazole rings is 1. The van der Waals surface area contributed by atoms with Crippen molar-refractivity contribution in [2.24, 2.45) is 23.7 Å². The van der Waals surface area contributed by atoms with Crippen LogP contribution in [0.15, 0.2) is 79.1 Å². The molecule has 1 aliphatic heterocycles. The number of amides is 2. The molecule has 0 radical (unpaired) electrons. The number of hydrogen-bond donors (Lipinski definition) is 3. The maximum absolute atomic E-state index is 13.1. The van der Waals surface area contributed by atoms with Crippen LogP contribution in [0.4, 0.5) is 4.79 Å². The van der Waals surface area contributed by atoms with Gasteiger partial charge in [0.15, 0.2) is 11.4 Å². The van der Waals surface area contributed by atoms with Gasteiger partial charge in [0.2, 0.25) is 0 Å². The first kappa shape index (κ1) is 33.7. The molecular weight excluding hydrogens is 671 g/mol. The number of benzene rings is 3. The van der Waals surface area contributed by atoms with Gasteiger partial charge in [-0.3, -0.25) is 0 Å². The zero-order valence-electron chi connectivity index (χ0n) is 28.2. The standard InChI is InChI=1S/C40H44Cl2N4O4/c1-24-34(21-46-23-44-36(41)37(46)42)49-38(50-35(24)30-10-8-25(22-47)9-11-30)33-7-3-6-32(16-33)31-5-2-4-26(15-31)20-43-39(48)45-40-17-27-12-28(18-40)14-29(13-27)19-40/h2-11,15-16,23-24,27-29,34-35,38,47H,12-14,17-22H2,1H3,(H2,43,45,48)/t24-,27?,28?,29?,34+,35+,38+,40?/m0/s1. The fraction of sp³-hybridized carbons (Fsp3) is 0.450. The van der Waals surface area contributed by atoms with Gasteiger partial charge in [0.05, 0.1) is 31.7 Å². The third-order valence-electron chi connectivity index (χ3n) is 11.5. The first-order chi connectivity index (χ1) is 24.2. The van der Waals surface area contributed by atoms with Crippen LogP contribution in [-0.4, -0.2) is 32.3 Å². The molecule has 8 nitrogen and oxygen atoms in total. The van der Waals surface area contributed by atoms with Gasteiger partial charge >= 0.3 is 6.03 Å². The first-order valence-electron chi connectivity index (χ1n) is 17.9. The molecule has 1 saturated heterocycles. The Morgan fingerprint density at radius 3 is 2.24 bits per heavy atom. The van der Waals surface area contributed by atoms with Crippen molar-refractivity contribution < 1.29 is 19.4 Å². The van der Waals surface area contributed by atoms with E-state index in [2.05, 4.69) is 52.9 Å². The minimum atomic E-state index is -0.644. The number of aliphatic hydroxyl groups excluding tert-OH is 1. The summed E-state index contributed by atoms with van der Waals surface area (Å²) in [6.45, 7) is 3.00. The molecule has 4 aliphatic carbocycles. The molecule has 1 aromatic heterocycles. The van der Waals surface area contributed by atoms with Gasteiger partial charge in [-0.25, -0.2) is 9.78 Å². The van der Waals surface area contributed by atoms with Gasteiger partial charge in [-0.1, -0.05) is 90.8 Å². The van der Waals surface area contributed by atoms with Crippen LogP contribution in [0.1, 0.15) is 80.1 Å². The summed E-state index contributed by atoms with van der Waals surface area (Å²) in [5.74, 6) is 2.32. The third kappa shape index (κ3) is 6.93. The van der Waals surface area contributed by atoms with Crippen molar-refractivity contribution in [3.63, 3.8) is 0 Å². The van der Waals surface area contributed by atoms with Crippen molar-refractivity contribution in [2.75, 3.05) is 0 Å². The quantitative estimate of drug-likeness (QED) is 0.161. The topological polar surface area (TPSA) is 97.6 Å². The van der Waals surface area contributed by atoms with Gasteiger partial charge in [-0.05, 0) is 96.2 Å². The smallest absolute Gasteiger partial charge is 0.315 e. The number of ether oxygens (including phenoxy) is 2. The van der Waals surface area contributed by atoms with Crippen LogP contribution in [-0.2, 0) is 29.2 Å². The lowest BCUT2D eigenvalue weighted by molar-refractivity contribution is -0.276. The van der Waals surface area contributed by atoms with Gasteiger partial charge in [0.1, 0.15) is 5.15 Å². The predicted molar refractivity (Wildman–Crippen MR) is 193 cm³/mol. The van der Waals surface area contributed by atoms with E-state index in [4.69, 9.17) is 32.7 Å². The SMILES string of the molecule is C[C@H]1[C@@H](Cn2cnc(Cl)c2Cl)O[C@@H](c2cccc(-c3cccc(CNC(=O)NC45CC6CC(CC(C6)C4)C5)c3)c2)O[C@H]1c1ccc(CO)cc1. The number of hydrogen-bond acceptors (Lipinski definition) is 5. The fourth-order valence-electron chi connectivity index (χ4n) is 9.45. The molecule has 0 unspecified atom stereocenters. The minimum Gasteiger partial charge on any atom is -0.392 e. The monoisotopic (exact) mass is 714 g/mol. The maximum Gasteiger partial charge on any atom is 0.315 e. The van der Waals surface area contributed by atoms with E-state index in [1.807, 2.05) is 42.5 Å². The predicted octanol–water partition coefficient (Wildman–Crippen LogP) is 8.61. The van der Waals surface area contributed by atoms with Crippen LogP contribution in [0, 0.1) is 23.7 Å². The molecule has 50 heavy (non-hydrogen) atoms. The van der Waals surface area contributed by atoms with E-state index in [0.717, 1.165) is 70.4 Å². The second kappa shape index (κ2) is 14.0. The Morgan fingerprint density at radius 2 is 1.58 bits per heavy atom. The molecule has 2 amide bonds. The molecule has 5 fully saturated rings. The minimum absolute atomic E-state index is 0.0128. The van der Waals surface area contributed by atoms with E-state index >= 15 is 0 Å². The number of carbonyl (C=O) groups is 1. The number of urea groups is 1. The second-order valence-corrected chi connectivity index (χ2v) is 15.8. The van der Waals surface area contributed by atoms with Gasteiger partial charge in [0.25, 0.3) is 0 Å². The Kier molecular flexibility index (Phi) is 9.42. The molecule has 0 spiro atoms. The van der Waals surface area contributed by atoms with E-state index in [0.29, 0.717) is 18.2 Å². The molecule has 4 saturated carbocycles. The van der Waals surface area contributed by atoms with Crippen molar-refractivity contribution in [1.29, 1.82) is 0 Å². The van der Waals surface area contributed by atoms with Crippen molar-refractivity contribution in [3.8, 4) is 11.1 Å². The first-order valence-corrected chi connectivity index (χ1v) is 18.6. The van der Waals surface area contributed by atoms with Crippen molar-refractivity contribution in [3.05, 3.63) is 112 Å². The zero-order valence-corrected chi connectivity index (χ0v) is 29.7. The maximum atomic E-state index is 13.1. The number of aromatic nitrogens is 2. The van der Waals surface area contributed by atoms with Crippen LogP contribution in [0.3, 0.4) is 0 Å². The summed E-state index contributed by atoms with van der Waals surface area (Å²) in [7, 11) is 0. The summed E-state index contributed by atoms with van der Waals surface area (Å²) in [4.78, 5) is 17.3. The van der Waals surface area contributed by atoms with E-state index < -0.39 is 6.29 Å². The molecule has 4 aromatic rings. The Bertz CT molecular complexity index is 1810. The molecule has 4 atom stereocenters. The molecule has 262 valence electrons. The molecule has 4 bridgehead atoms. The molecule has 10 heteroatoms. The van der Waals surface area contributed by atoms with E-state index in [1.54, 1.807) is 10.9 Å². The highest BCUT2D eigenvalue weighted by Gasteiger charge is 2.51. The number of aliphatic hydroxyl groups is 1. The number of nitrogens with zero attached hydrogens (tertiary/aromatic N) is 2. The summed E-state index contributed by atoms with van der Waals surface area (Å²) in [5.41, 5.74) is 5.84. The Balaban J connectivity index is 0.983. The Hall–Kier alpha value is -3.40. The lowest BCUT2D eigenvalue weighted by Gasteiger charge is -2.56. The fourth-order valence-corrected chi connectivity index (χ4v) is 9.76.